The van der Waals surface area contributed by atoms with Crippen molar-refractivity contribution in [3.05, 3.63) is 120 Å². The van der Waals surface area contributed by atoms with Crippen LogP contribution in [0.25, 0.3) is 11.3 Å². The lowest BCUT2D eigenvalue weighted by molar-refractivity contribution is -0.142. The van der Waals surface area contributed by atoms with E-state index < -0.39 is 12.0 Å². The Morgan fingerprint density at radius 2 is 1.49 bits per heavy atom. The van der Waals surface area contributed by atoms with Crippen molar-refractivity contribution in [3.63, 3.8) is 0 Å². The summed E-state index contributed by atoms with van der Waals surface area (Å²) in [7, 11) is 1.31. The van der Waals surface area contributed by atoms with Crippen LogP contribution in [0.3, 0.4) is 0 Å². The number of nitrogens with zero attached hydrogens (tertiary/aromatic N) is 1. The summed E-state index contributed by atoms with van der Waals surface area (Å²) in [4.78, 5) is 29.4. The molecular formula is C29H26N2O4. The summed E-state index contributed by atoms with van der Waals surface area (Å²) in [5, 5.41) is 2.76. The number of amides is 1. The molecule has 0 fully saturated rings. The zero-order valence-corrected chi connectivity index (χ0v) is 19.4. The summed E-state index contributed by atoms with van der Waals surface area (Å²) in [5.41, 5.74) is 4.02. The van der Waals surface area contributed by atoms with Gasteiger partial charge >= 0.3 is 5.97 Å². The lowest BCUT2D eigenvalue weighted by Crippen LogP contribution is -2.43. The molecule has 1 amide bonds. The summed E-state index contributed by atoms with van der Waals surface area (Å²) in [6.07, 6.45) is 1.84. The lowest BCUT2D eigenvalue weighted by Gasteiger charge is -2.16. The van der Waals surface area contributed by atoms with Crippen LogP contribution in [-0.2, 0) is 22.6 Å². The fourth-order valence-electron chi connectivity index (χ4n) is 3.59. The third kappa shape index (κ3) is 6.54. The van der Waals surface area contributed by atoms with E-state index >= 15 is 0 Å². The van der Waals surface area contributed by atoms with E-state index in [9.17, 15) is 9.59 Å². The van der Waals surface area contributed by atoms with Crippen molar-refractivity contribution < 1.29 is 19.1 Å². The van der Waals surface area contributed by atoms with Crippen LogP contribution in [-0.4, -0.2) is 30.0 Å². The third-order valence-corrected chi connectivity index (χ3v) is 5.50. The van der Waals surface area contributed by atoms with Gasteiger partial charge in [-0.2, -0.15) is 0 Å². The molecule has 0 spiro atoms. The van der Waals surface area contributed by atoms with Crippen molar-refractivity contribution in [1.29, 1.82) is 0 Å². The maximum absolute atomic E-state index is 12.8. The smallest absolute Gasteiger partial charge is 0.328 e. The fraction of sp³-hybridized carbons (Fsp3) is 0.138. The summed E-state index contributed by atoms with van der Waals surface area (Å²) >= 11 is 0. The van der Waals surface area contributed by atoms with E-state index in [4.69, 9.17) is 9.47 Å². The first-order chi connectivity index (χ1) is 17.1. The predicted octanol–water partition coefficient (Wildman–Crippen LogP) is 4.84. The first-order valence-electron chi connectivity index (χ1n) is 11.3. The van der Waals surface area contributed by atoms with Crippen LogP contribution in [0.15, 0.2) is 103 Å². The van der Waals surface area contributed by atoms with Gasteiger partial charge in [-0.1, -0.05) is 60.7 Å². The standard InChI is InChI=1S/C29H26N2O4/c1-34-29(33)27(18-21-8-4-2-5-9-21)31-28(32)24-14-17-26(30-19-24)23-12-15-25(16-13-23)35-20-22-10-6-3-7-11-22/h2-17,19,27H,18,20H2,1H3,(H,31,32). The van der Waals surface area contributed by atoms with Crippen LogP contribution in [0.5, 0.6) is 5.75 Å². The summed E-state index contributed by atoms with van der Waals surface area (Å²) < 4.78 is 10.7. The first-order valence-corrected chi connectivity index (χ1v) is 11.3. The zero-order valence-electron chi connectivity index (χ0n) is 19.4. The van der Waals surface area contributed by atoms with Crippen LogP contribution in [0.1, 0.15) is 21.5 Å². The second kappa shape index (κ2) is 11.6. The second-order valence-electron chi connectivity index (χ2n) is 7.97. The number of carbonyl (C=O) groups is 2. The van der Waals surface area contributed by atoms with E-state index in [1.165, 1.54) is 13.3 Å². The second-order valence-corrected chi connectivity index (χ2v) is 7.97. The van der Waals surface area contributed by atoms with Crippen molar-refractivity contribution in [1.82, 2.24) is 10.3 Å². The van der Waals surface area contributed by atoms with Crippen molar-refractivity contribution in [2.24, 2.45) is 0 Å². The van der Waals surface area contributed by atoms with Crippen molar-refractivity contribution in [2.45, 2.75) is 19.1 Å². The predicted molar refractivity (Wildman–Crippen MR) is 134 cm³/mol. The van der Waals surface area contributed by atoms with Gasteiger partial charge in [0.1, 0.15) is 18.4 Å². The molecule has 4 rings (SSSR count). The highest BCUT2D eigenvalue weighted by molar-refractivity contribution is 5.96. The van der Waals surface area contributed by atoms with E-state index in [-0.39, 0.29) is 5.91 Å². The Balaban J connectivity index is 1.38. The van der Waals surface area contributed by atoms with Gasteiger partial charge in [-0.15, -0.1) is 0 Å². The van der Waals surface area contributed by atoms with E-state index in [2.05, 4.69) is 10.3 Å². The molecule has 1 N–H and O–H groups in total. The molecule has 0 radical (unpaired) electrons. The quantitative estimate of drug-likeness (QED) is 0.357. The Morgan fingerprint density at radius 1 is 0.829 bits per heavy atom. The van der Waals surface area contributed by atoms with Crippen molar-refractivity contribution >= 4 is 11.9 Å². The number of rotatable bonds is 9. The molecule has 0 aliphatic rings. The van der Waals surface area contributed by atoms with Crippen molar-refractivity contribution in [3.8, 4) is 17.0 Å². The monoisotopic (exact) mass is 466 g/mol. The fourth-order valence-corrected chi connectivity index (χ4v) is 3.59. The van der Waals surface area contributed by atoms with Gasteiger partial charge in [-0.25, -0.2) is 4.79 Å². The number of pyridine rings is 1. The molecule has 6 nitrogen and oxygen atoms in total. The number of nitrogens with one attached hydrogen (secondary N) is 1. The Hall–Kier alpha value is -4.45. The Kier molecular flexibility index (Phi) is 7.86. The van der Waals surface area contributed by atoms with Crippen LogP contribution in [0.2, 0.25) is 0 Å². The number of hydrogen-bond donors (Lipinski definition) is 1. The molecule has 0 bridgehead atoms. The molecule has 0 saturated heterocycles. The maximum Gasteiger partial charge on any atom is 0.328 e. The molecule has 1 aromatic heterocycles. The molecule has 0 aliphatic heterocycles. The molecule has 1 atom stereocenters. The van der Waals surface area contributed by atoms with E-state index in [0.717, 1.165) is 28.1 Å². The van der Waals surface area contributed by atoms with Gasteiger partial charge in [0.05, 0.1) is 18.4 Å². The number of methoxy groups -OCH3 is 1. The topological polar surface area (TPSA) is 77.5 Å². The minimum atomic E-state index is -0.794. The average molecular weight is 467 g/mol. The van der Waals surface area contributed by atoms with Gasteiger partial charge in [0.25, 0.3) is 5.91 Å². The number of hydrogen-bond acceptors (Lipinski definition) is 5. The van der Waals surface area contributed by atoms with Crippen LogP contribution >= 0.6 is 0 Å². The first kappa shape index (κ1) is 23.7. The highest BCUT2D eigenvalue weighted by atomic mass is 16.5. The molecule has 3 aromatic carbocycles. The summed E-state index contributed by atoms with van der Waals surface area (Å²) in [5.74, 6) is -0.123. The average Bonchev–Trinajstić information content (AvgIpc) is 2.92. The third-order valence-electron chi connectivity index (χ3n) is 5.50. The Labute approximate surface area is 204 Å². The highest BCUT2D eigenvalue weighted by Crippen LogP contribution is 2.22. The zero-order chi connectivity index (χ0) is 24.5. The SMILES string of the molecule is COC(=O)C(Cc1ccccc1)NC(=O)c1ccc(-c2ccc(OCc3ccccc3)cc2)nc1. The maximum atomic E-state index is 12.8. The van der Waals surface area contributed by atoms with E-state index in [1.54, 1.807) is 12.1 Å². The molecule has 0 aliphatic carbocycles. The van der Waals surface area contributed by atoms with Crippen LogP contribution < -0.4 is 10.1 Å². The molecule has 35 heavy (non-hydrogen) atoms. The molecule has 1 unspecified atom stereocenters. The molecule has 4 aromatic rings. The minimum absolute atomic E-state index is 0.337. The van der Waals surface area contributed by atoms with Crippen LogP contribution in [0, 0.1) is 0 Å². The van der Waals surface area contributed by atoms with Gasteiger partial charge in [0, 0.05) is 18.2 Å². The van der Waals surface area contributed by atoms with E-state index in [1.807, 2.05) is 84.9 Å². The number of ether oxygens (including phenoxy) is 2. The minimum Gasteiger partial charge on any atom is -0.489 e. The van der Waals surface area contributed by atoms with Gasteiger partial charge in [0.15, 0.2) is 0 Å². The van der Waals surface area contributed by atoms with Crippen molar-refractivity contribution in [2.75, 3.05) is 7.11 Å². The number of benzene rings is 3. The Bertz CT molecular complexity index is 1240. The Morgan fingerprint density at radius 3 is 2.09 bits per heavy atom. The molecule has 6 heteroatoms. The van der Waals surface area contributed by atoms with Gasteiger partial charge in [0.2, 0.25) is 0 Å². The molecule has 176 valence electrons. The largest absolute Gasteiger partial charge is 0.489 e. The van der Waals surface area contributed by atoms with Crippen LogP contribution in [0.4, 0.5) is 0 Å². The lowest BCUT2D eigenvalue weighted by atomic mass is 10.1. The number of esters is 1. The molecule has 0 saturated carbocycles. The van der Waals surface area contributed by atoms with Gasteiger partial charge in [-0.05, 0) is 47.5 Å². The molecular weight excluding hydrogens is 440 g/mol. The number of carbonyl (C=O) groups excluding carboxylic acids is 2. The van der Waals surface area contributed by atoms with E-state index in [0.29, 0.717) is 18.6 Å². The van der Waals surface area contributed by atoms with Gasteiger partial charge < -0.3 is 14.8 Å². The number of aromatic nitrogens is 1. The van der Waals surface area contributed by atoms with Gasteiger partial charge in [-0.3, -0.25) is 9.78 Å². The molecule has 1 heterocycles. The summed E-state index contributed by atoms with van der Waals surface area (Å²) in [6.45, 7) is 0.499. The normalized spacial score (nSPS) is 11.3. The highest BCUT2D eigenvalue weighted by Gasteiger charge is 2.22. The summed E-state index contributed by atoms with van der Waals surface area (Å²) in [6, 6.07) is 29.8.